The van der Waals surface area contributed by atoms with Crippen molar-refractivity contribution in [3.05, 3.63) is 23.3 Å². The molecule has 0 bridgehead atoms. The van der Waals surface area contributed by atoms with Gasteiger partial charge in [-0.05, 0) is 43.1 Å². The number of aromatic hydroxyl groups is 1. The predicted molar refractivity (Wildman–Crippen MR) is 65.6 cm³/mol. The maximum Gasteiger partial charge on any atom is 0.160 e. The van der Waals surface area contributed by atoms with Crippen LogP contribution in [0, 0.1) is 0 Å². The minimum Gasteiger partial charge on any atom is -0.504 e. The smallest absolute Gasteiger partial charge is 0.160 e. The van der Waals surface area contributed by atoms with E-state index < -0.39 is 0 Å². The molecule has 1 atom stereocenters. The van der Waals surface area contributed by atoms with Crippen LogP contribution in [-0.4, -0.2) is 24.2 Å². The van der Waals surface area contributed by atoms with Gasteiger partial charge in [0.25, 0.3) is 0 Å². The summed E-state index contributed by atoms with van der Waals surface area (Å²) in [6.45, 7) is 3.09. The van der Waals surface area contributed by atoms with Crippen LogP contribution in [0.1, 0.15) is 24.1 Å². The first kappa shape index (κ1) is 15.0. The zero-order chi connectivity index (χ0) is 10.1. The van der Waals surface area contributed by atoms with E-state index in [1.807, 2.05) is 6.07 Å². The van der Waals surface area contributed by atoms with Crippen LogP contribution in [-0.2, 0) is 6.42 Å². The monoisotopic (exact) mass is 247 g/mol. The Hall–Kier alpha value is -0.970. The molecule has 1 unspecified atom stereocenters. The van der Waals surface area contributed by atoms with Gasteiger partial charge in [-0.2, -0.15) is 0 Å². The molecule has 1 heterocycles. The quantitative estimate of drug-likeness (QED) is 0.783. The van der Waals surface area contributed by atoms with Gasteiger partial charge in [0.1, 0.15) is 0 Å². The molecule has 0 saturated carbocycles. The van der Waals surface area contributed by atoms with Crippen LogP contribution in [0.5, 0.6) is 11.5 Å². The molecule has 1 aromatic carbocycles. The summed E-state index contributed by atoms with van der Waals surface area (Å²) in [5, 5.41) is 13.0. The van der Waals surface area contributed by atoms with Crippen LogP contribution in [0.25, 0.3) is 0 Å². The standard InChI is InChI=1S/C11H15NO2.ClH.H2O/c1-7-9-6-10(13)11(14-2)5-8(9)3-4-12-7;;/h5-7,12-13H,3-4H2,1-2H3;1H;1H2. The average Bonchev–Trinajstić information content (AvgIpc) is 2.19. The van der Waals surface area contributed by atoms with E-state index in [2.05, 4.69) is 12.2 Å². The van der Waals surface area contributed by atoms with E-state index in [4.69, 9.17) is 4.74 Å². The maximum atomic E-state index is 9.63. The summed E-state index contributed by atoms with van der Waals surface area (Å²) in [5.74, 6) is 0.791. The Bertz CT molecular complexity index is 357. The van der Waals surface area contributed by atoms with E-state index in [1.165, 1.54) is 11.1 Å². The lowest BCUT2D eigenvalue weighted by atomic mass is 9.95. The number of nitrogens with one attached hydrogen (secondary N) is 1. The van der Waals surface area contributed by atoms with E-state index in [0.29, 0.717) is 11.8 Å². The van der Waals surface area contributed by atoms with Crippen molar-refractivity contribution in [3.8, 4) is 11.5 Å². The summed E-state index contributed by atoms with van der Waals surface area (Å²) >= 11 is 0. The molecule has 1 aromatic rings. The summed E-state index contributed by atoms with van der Waals surface area (Å²) in [6.07, 6.45) is 0.996. The van der Waals surface area contributed by atoms with Gasteiger partial charge < -0.3 is 20.6 Å². The lowest BCUT2D eigenvalue weighted by Crippen LogP contribution is -2.27. The largest absolute Gasteiger partial charge is 0.504 e. The van der Waals surface area contributed by atoms with Crippen LogP contribution < -0.4 is 10.1 Å². The third kappa shape index (κ3) is 2.58. The second kappa shape index (κ2) is 5.94. The molecular formula is C11H18ClNO3. The molecule has 4 nitrogen and oxygen atoms in total. The normalized spacial score (nSPS) is 17.8. The summed E-state index contributed by atoms with van der Waals surface area (Å²) in [5.41, 5.74) is 2.44. The molecule has 2 rings (SSSR count). The van der Waals surface area contributed by atoms with Gasteiger partial charge in [0, 0.05) is 6.04 Å². The maximum absolute atomic E-state index is 9.63. The van der Waals surface area contributed by atoms with Crippen molar-refractivity contribution in [2.75, 3.05) is 13.7 Å². The first-order valence-corrected chi connectivity index (χ1v) is 4.85. The van der Waals surface area contributed by atoms with Crippen molar-refractivity contribution < 1.29 is 15.3 Å². The van der Waals surface area contributed by atoms with Gasteiger partial charge in [0.2, 0.25) is 0 Å². The number of halogens is 1. The highest BCUT2D eigenvalue weighted by Gasteiger charge is 2.18. The SMILES string of the molecule is COc1cc2c(cc1O)C(C)NCC2.Cl.O. The highest BCUT2D eigenvalue weighted by Crippen LogP contribution is 2.33. The molecule has 5 heteroatoms. The van der Waals surface area contributed by atoms with Crippen molar-refractivity contribution in [1.82, 2.24) is 5.32 Å². The Labute approximate surface area is 101 Å². The van der Waals surface area contributed by atoms with Crippen molar-refractivity contribution in [2.45, 2.75) is 19.4 Å². The first-order valence-electron chi connectivity index (χ1n) is 4.85. The minimum atomic E-state index is 0. The Balaban J connectivity index is 0.00000112. The Kier molecular flexibility index (Phi) is 5.58. The summed E-state index contributed by atoms with van der Waals surface area (Å²) in [6, 6.07) is 4.04. The molecule has 0 fully saturated rings. The van der Waals surface area contributed by atoms with E-state index in [9.17, 15) is 5.11 Å². The van der Waals surface area contributed by atoms with Crippen LogP contribution >= 0.6 is 12.4 Å². The number of hydrogen-bond donors (Lipinski definition) is 2. The number of hydrogen-bond acceptors (Lipinski definition) is 3. The zero-order valence-electron chi connectivity index (χ0n) is 9.41. The number of phenolic OH excluding ortho intramolecular Hbond substituents is 1. The van der Waals surface area contributed by atoms with Crippen molar-refractivity contribution in [1.29, 1.82) is 0 Å². The number of methoxy groups -OCH3 is 1. The number of fused-ring (bicyclic) bond motifs is 1. The number of phenols is 1. The molecule has 0 radical (unpaired) electrons. The lowest BCUT2D eigenvalue weighted by Gasteiger charge is -2.24. The molecule has 1 aliphatic rings. The van der Waals surface area contributed by atoms with Gasteiger partial charge in [-0.3, -0.25) is 0 Å². The first-order chi connectivity index (χ1) is 6.72. The number of ether oxygens (including phenoxy) is 1. The fourth-order valence-corrected chi connectivity index (χ4v) is 1.94. The van der Waals surface area contributed by atoms with E-state index >= 15 is 0 Å². The molecule has 0 spiro atoms. The van der Waals surface area contributed by atoms with Crippen LogP contribution in [0.15, 0.2) is 12.1 Å². The Morgan fingerprint density at radius 1 is 1.44 bits per heavy atom. The second-order valence-corrected chi connectivity index (χ2v) is 3.65. The van der Waals surface area contributed by atoms with Gasteiger partial charge in [0.05, 0.1) is 7.11 Å². The van der Waals surface area contributed by atoms with Crippen LogP contribution in [0.2, 0.25) is 0 Å². The van der Waals surface area contributed by atoms with E-state index in [0.717, 1.165) is 13.0 Å². The fraction of sp³-hybridized carbons (Fsp3) is 0.455. The Morgan fingerprint density at radius 3 is 2.75 bits per heavy atom. The summed E-state index contributed by atoms with van der Waals surface area (Å²) < 4.78 is 5.08. The molecule has 0 aliphatic carbocycles. The predicted octanol–water partition coefficient (Wildman–Crippen LogP) is 1.20. The van der Waals surface area contributed by atoms with E-state index in [1.54, 1.807) is 13.2 Å². The third-order valence-corrected chi connectivity index (χ3v) is 2.75. The van der Waals surface area contributed by atoms with Crippen LogP contribution in [0.3, 0.4) is 0 Å². The minimum absolute atomic E-state index is 0. The Morgan fingerprint density at radius 2 is 2.12 bits per heavy atom. The summed E-state index contributed by atoms with van der Waals surface area (Å²) in [4.78, 5) is 0. The third-order valence-electron chi connectivity index (χ3n) is 2.75. The highest BCUT2D eigenvalue weighted by atomic mass is 35.5. The average molecular weight is 248 g/mol. The molecule has 0 saturated heterocycles. The zero-order valence-corrected chi connectivity index (χ0v) is 10.2. The molecule has 4 N–H and O–H groups in total. The molecule has 92 valence electrons. The van der Waals surface area contributed by atoms with Gasteiger partial charge in [0.15, 0.2) is 11.5 Å². The van der Waals surface area contributed by atoms with Gasteiger partial charge in [-0.1, -0.05) is 0 Å². The molecule has 1 aliphatic heterocycles. The molecule has 16 heavy (non-hydrogen) atoms. The number of benzene rings is 1. The van der Waals surface area contributed by atoms with Gasteiger partial charge in [-0.15, -0.1) is 12.4 Å². The van der Waals surface area contributed by atoms with Crippen molar-refractivity contribution in [3.63, 3.8) is 0 Å². The van der Waals surface area contributed by atoms with Gasteiger partial charge in [-0.25, -0.2) is 0 Å². The lowest BCUT2D eigenvalue weighted by molar-refractivity contribution is 0.370. The highest BCUT2D eigenvalue weighted by molar-refractivity contribution is 5.85. The summed E-state index contributed by atoms with van der Waals surface area (Å²) in [7, 11) is 1.58. The van der Waals surface area contributed by atoms with Crippen molar-refractivity contribution >= 4 is 12.4 Å². The van der Waals surface area contributed by atoms with Crippen LogP contribution in [0.4, 0.5) is 0 Å². The topological polar surface area (TPSA) is 73.0 Å². The molecular weight excluding hydrogens is 230 g/mol. The van der Waals surface area contributed by atoms with Crippen molar-refractivity contribution in [2.24, 2.45) is 0 Å². The second-order valence-electron chi connectivity index (χ2n) is 3.65. The van der Waals surface area contributed by atoms with Gasteiger partial charge >= 0.3 is 0 Å². The fourth-order valence-electron chi connectivity index (χ4n) is 1.94. The number of rotatable bonds is 1. The molecule has 0 amide bonds. The van der Waals surface area contributed by atoms with E-state index in [-0.39, 0.29) is 23.6 Å². The molecule has 0 aromatic heterocycles.